The van der Waals surface area contributed by atoms with Crippen LogP contribution in [0.2, 0.25) is 0 Å². The number of benzene rings is 1. The zero-order chi connectivity index (χ0) is 16.5. The van der Waals surface area contributed by atoms with E-state index in [1.807, 2.05) is 19.9 Å². The van der Waals surface area contributed by atoms with Gasteiger partial charge < -0.3 is 16.4 Å². The number of amides is 1. The molecular formula is C15H24N4O3. The van der Waals surface area contributed by atoms with Gasteiger partial charge in [0.05, 0.1) is 11.0 Å². The molecule has 1 unspecified atom stereocenters. The van der Waals surface area contributed by atoms with Crippen LogP contribution in [0, 0.1) is 17.0 Å². The quantitative estimate of drug-likeness (QED) is 0.367. The van der Waals surface area contributed by atoms with Crippen molar-refractivity contribution < 1.29 is 9.72 Å². The number of nitrogens with zero attached hydrogens (tertiary/aromatic N) is 1. The summed E-state index contributed by atoms with van der Waals surface area (Å²) >= 11 is 0. The SMILES string of the molecule is CCCC(N)C(=O)NCCCNc1ccc(C)cc1[N+](=O)[O-]. The average molecular weight is 308 g/mol. The van der Waals surface area contributed by atoms with Crippen molar-refractivity contribution >= 4 is 17.3 Å². The molecule has 0 aliphatic rings. The van der Waals surface area contributed by atoms with Crippen LogP contribution < -0.4 is 16.4 Å². The van der Waals surface area contributed by atoms with Gasteiger partial charge in [-0.2, -0.15) is 0 Å². The van der Waals surface area contributed by atoms with E-state index in [2.05, 4.69) is 10.6 Å². The second kappa shape index (κ2) is 8.99. The van der Waals surface area contributed by atoms with Crippen molar-refractivity contribution in [1.82, 2.24) is 5.32 Å². The predicted molar refractivity (Wildman–Crippen MR) is 86.8 cm³/mol. The first-order chi connectivity index (χ1) is 10.5. The third-order valence-corrected chi connectivity index (χ3v) is 3.25. The van der Waals surface area contributed by atoms with E-state index in [0.717, 1.165) is 12.0 Å². The lowest BCUT2D eigenvalue weighted by atomic mass is 10.1. The largest absolute Gasteiger partial charge is 0.379 e. The maximum absolute atomic E-state index is 11.6. The number of anilines is 1. The van der Waals surface area contributed by atoms with Gasteiger partial charge in [-0.15, -0.1) is 0 Å². The number of hydrogen-bond acceptors (Lipinski definition) is 5. The van der Waals surface area contributed by atoms with Crippen LogP contribution in [0.4, 0.5) is 11.4 Å². The number of carbonyl (C=O) groups is 1. The van der Waals surface area contributed by atoms with E-state index in [1.165, 1.54) is 6.07 Å². The smallest absolute Gasteiger partial charge is 0.292 e. The highest BCUT2D eigenvalue weighted by atomic mass is 16.6. The molecule has 1 amide bonds. The number of rotatable bonds is 9. The lowest BCUT2D eigenvalue weighted by Gasteiger charge is -2.11. The molecule has 0 spiro atoms. The third kappa shape index (κ3) is 5.69. The number of nitrogens with one attached hydrogen (secondary N) is 2. The molecule has 1 aromatic rings. The van der Waals surface area contributed by atoms with Gasteiger partial charge in [-0.25, -0.2) is 0 Å². The first kappa shape index (κ1) is 17.9. The molecule has 7 heteroatoms. The minimum absolute atomic E-state index is 0.0639. The summed E-state index contributed by atoms with van der Waals surface area (Å²) in [6.45, 7) is 4.81. The third-order valence-electron chi connectivity index (χ3n) is 3.25. The summed E-state index contributed by atoms with van der Waals surface area (Å²) in [5.74, 6) is -0.150. The highest BCUT2D eigenvalue weighted by Crippen LogP contribution is 2.24. The van der Waals surface area contributed by atoms with Crippen molar-refractivity contribution in [2.24, 2.45) is 5.73 Å². The molecule has 0 saturated carbocycles. The van der Waals surface area contributed by atoms with Gasteiger partial charge in [0.1, 0.15) is 5.69 Å². The number of nitro benzene ring substituents is 1. The van der Waals surface area contributed by atoms with Crippen molar-refractivity contribution in [3.05, 3.63) is 33.9 Å². The fourth-order valence-corrected chi connectivity index (χ4v) is 2.04. The Bertz CT molecular complexity index is 520. The van der Waals surface area contributed by atoms with Crippen molar-refractivity contribution in [2.75, 3.05) is 18.4 Å². The normalized spacial score (nSPS) is 11.8. The fourth-order valence-electron chi connectivity index (χ4n) is 2.04. The first-order valence-electron chi connectivity index (χ1n) is 7.48. The number of aryl methyl sites for hydroxylation is 1. The molecule has 0 bridgehead atoms. The maximum Gasteiger partial charge on any atom is 0.292 e. The minimum Gasteiger partial charge on any atom is -0.379 e. The van der Waals surface area contributed by atoms with Crippen molar-refractivity contribution in [3.63, 3.8) is 0 Å². The number of nitro groups is 1. The number of hydrogen-bond donors (Lipinski definition) is 3. The van der Waals surface area contributed by atoms with Gasteiger partial charge in [-0.1, -0.05) is 19.4 Å². The van der Waals surface area contributed by atoms with Gasteiger partial charge in [-0.05, 0) is 31.4 Å². The molecule has 0 fully saturated rings. The molecule has 1 rings (SSSR count). The lowest BCUT2D eigenvalue weighted by molar-refractivity contribution is -0.384. The summed E-state index contributed by atoms with van der Waals surface area (Å²) in [7, 11) is 0. The highest BCUT2D eigenvalue weighted by molar-refractivity contribution is 5.81. The van der Waals surface area contributed by atoms with Crippen molar-refractivity contribution in [1.29, 1.82) is 0 Å². The Morgan fingerprint density at radius 3 is 2.77 bits per heavy atom. The summed E-state index contributed by atoms with van der Waals surface area (Å²) in [6, 6.07) is 4.59. The number of nitrogens with two attached hydrogens (primary N) is 1. The van der Waals surface area contributed by atoms with Crippen LogP contribution in [0.15, 0.2) is 18.2 Å². The zero-order valence-corrected chi connectivity index (χ0v) is 13.1. The van der Waals surface area contributed by atoms with Crippen LogP contribution in [0.5, 0.6) is 0 Å². The van der Waals surface area contributed by atoms with Gasteiger partial charge in [0.2, 0.25) is 5.91 Å². The summed E-state index contributed by atoms with van der Waals surface area (Å²) in [5.41, 5.74) is 7.09. The van der Waals surface area contributed by atoms with Crippen LogP contribution in [-0.2, 0) is 4.79 Å². The average Bonchev–Trinajstić information content (AvgIpc) is 2.48. The summed E-state index contributed by atoms with van der Waals surface area (Å²) < 4.78 is 0. The molecule has 0 saturated heterocycles. The monoisotopic (exact) mass is 308 g/mol. The standard InChI is InChI=1S/C15H24N4O3/c1-3-5-12(16)15(20)18-9-4-8-17-13-7-6-11(2)10-14(13)19(21)22/h6-7,10,12,17H,3-5,8-9,16H2,1-2H3,(H,18,20). The van der Waals surface area contributed by atoms with Gasteiger partial charge in [0.15, 0.2) is 0 Å². The van der Waals surface area contributed by atoms with Gasteiger partial charge in [0, 0.05) is 19.2 Å². The molecule has 0 aliphatic carbocycles. The summed E-state index contributed by atoms with van der Waals surface area (Å²) in [6.07, 6.45) is 2.20. The van der Waals surface area contributed by atoms with E-state index in [9.17, 15) is 14.9 Å². The van der Waals surface area contributed by atoms with Crippen LogP contribution >= 0.6 is 0 Å². The first-order valence-corrected chi connectivity index (χ1v) is 7.48. The Balaban J connectivity index is 2.36. The van der Waals surface area contributed by atoms with E-state index in [-0.39, 0.29) is 11.6 Å². The van der Waals surface area contributed by atoms with E-state index in [0.29, 0.717) is 31.6 Å². The Kier molecular flexibility index (Phi) is 7.31. The van der Waals surface area contributed by atoms with E-state index in [1.54, 1.807) is 6.07 Å². The molecule has 1 atom stereocenters. The van der Waals surface area contributed by atoms with Crippen LogP contribution in [0.3, 0.4) is 0 Å². The Hall–Kier alpha value is -2.15. The highest BCUT2D eigenvalue weighted by Gasteiger charge is 2.13. The maximum atomic E-state index is 11.6. The molecule has 122 valence electrons. The van der Waals surface area contributed by atoms with Crippen LogP contribution in [0.25, 0.3) is 0 Å². The van der Waals surface area contributed by atoms with Crippen molar-refractivity contribution in [2.45, 2.75) is 39.2 Å². The second-order valence-corrected chi connectivity index (χ2v) is 5.24. The topological polar surface area (TPSA) is 110 Å². The second-order valence-electron chi connectivity index (χ2n) is 5.24. The van der Waals surface area contributed by atoms with Crippen molar-refractivity contribution in [3.8, 4) is 0 Å². The molecule has 22 heavy (non-hydrogen) atoms. The molecule has 7 nitrogen and oxygen atoms in total. The summed E-state index contributed by atoms with van der Waals surface area (Å²) in [4.78, 5) is 22.2. The Labute approximate surface area is 130 Å². The van der Waals surface area contributed by atoms with Gasteiger partial charge >= 0.3 is 0 Å². The Morgan fingerprint density at radius 2 is 2.14 bits per heavy atom. The van der Waals surface area contributed by atoms with E-state index in [4.69, 9.17) is 5.73 Å². The van der Waals surface area contributed by atoms with Crippen LogP contribution in [-0.4, -0.2) is 30.0 Å². The molecule has 0 aromatic heterocycles. The Morgan fingerprint density at radius 1 is 1.41 bits per heavy atom. The van der Waals surface area contributed by atoms with E-state index >= 15 is 0 Å². The molecule has 0 radical (unpaired) electrons. The van der Waals surface area contributed by atoms with E-state index < -0.39 is 11.0 Å². The molecular weight excluding hydrogens is 284 g/mol. The molecule has 4 N–H and O–H groups in total. The van der Waals surface area contributed by atoms with Crippen LogP contribution in [0.1, 0.15) is 31.7 Å². The molecule has 1 aromatic carbocycles. The minimum atomic E-state index is -0.462. The van der Waals surface area contributed by atoms with Gasteiger partial charge in [-0.3, -0.25) is 14.9 Å². The summed E-state index contributed by atoms with van der Waals surface area (Å²) in [5, 5.41) is 16.8. The fraction of sp³-hybridized carbons (Fsp3) is 0.533. The predicted octanol–water partition coefficient (Wildman–Crippen LogP) is 1.95. The van der Waals surface area contributed by atoms with Gasteiger partial charge in [0.25, 0.3) is 5.69 Å². The number of carbonyl (C=O) groups excluding carboxylic acids is 1. The lowest BCUT2D eigenvalue weighted by Crippen LogP contribution is -2.41. The molecule has 0 heterocycles. The molecule has 0 aliphatic heterocycles. The zero-order valence-electron chi connectivity index (χ0n) is 13.1.